The molecule has 2 aromatic rings. The Hall–Kier alpha value is -2.43. The number of nitrogens with one attached hydrogen (secondary N) is 1. The molecule has 0 saturated heterocycles. The maximum Gasteiger partial charge on any atom is 0.416 e. The third-order valence-electron chi connectivity index (χ3n) is 3.32. The van der Waals surface area contributed by atoms with Gasteiger partial charge in [-0.2, -0.15) is 26.3 Å². The lowest BCUT2D eigenvalue weighted by atomic mass is 10.1. The molecule has 0 aromatic heterocycles. The molecular weight excluding hydrogens is 386 g/mol. The smallest absolute Gasteiger partial charge is 0.397 e. The molecule has 0 fully saturated rings. The van der Waals surface area contributed by atoms with Gasteiger partial charge in [0.1, 0.15) is 0 Å². The number of aryl methyl sites for hydroxylation is 1. The second-order valence-electron chi connectivity index (χ2n) is 5.44. The Bertz CT molecular complexity index is 904. The zero-order chi connectivity index (χ0) is 19.9. The molecule has 11 heteroatoms. The van der Waals surface area contributed by atoms with E-state index in [1.54, 1.807) is 6.92 Å². The summed E-state index contributed by atoms with van der Waals surface area (Å²) in [6.45, 7) is 1.66. The Morgan fingerprint density at radius 2 is 1.38 bits per heavy atom. The summed E-state index contributed by atoms with van der Waals surface area (Å²) < 4.78 is 104. The molecule has 0 radical (unpaired) electrons. The van der Waals surface area contributed by atoms with Crippen molar-refractivity contribution in [3.8, 4) is 0 Å². The Morgan fingerprint density at radius 3 is 1.81 bits per heavy atom. The number of hydrogen-bond donors (Lipinski definition) is 2. The van der Waals surface area contributed by atoms with Crippen LogP contribution in [0.2, 0.25) is 0 Å². The minimum Gasteiger partial charge on any atom is -0.397 e. The van der Waals surface area contributed by atoms with Gasteiger partial charge in [0.05, 0.1) is 27.4 Å². The fourth-order valence-electron chi connectivity index (χ4n) is 2.06. The molecule has 2 rings (SSSR count). The normalized spacial score (nSPS) is 12.9. The maximum absolute atomic E-state index is 12.9. The van der Waals surface area contributed by atoms with Crippen LogP contribution in [0.4, 0.5) is 37.7 Å². The van der Waals surface area contributed by atoms with Crippen LogP contribution in [0.25, 0.3) is 0 Å². The van der Waals surface area contributed by atoms with Gasteiger partial charge < -0.3 is 5.73 Å². The second-order valence-corrected chi connectivity index (χ2v) is 7.12. The second kappa shape index (κ2) is 6.38. The van der Waals surface area contributed by atoms with Crippen LogP contribution in [0.3, 0.4) is 0 Å². The van der Waals surface area contributed by atoms with E-state index in [9.17, 15) is 34.8 Å². The van der Waals surface area contributed by atoms with E-state index in [-0.39, 0.29) is 29.6 Å². The summed E-state index contributed by atoms with van der Waals surface area (Å²) in [5, 5.41) is 0. The van der Waals surface area contributed by atoms with E-state index in [0.717, 1.165) is 0 Å². The summed E-state index contributed by atoms with van der Waals surface area (Å²) >= 11 is 0. The lowest BCUT2D eigenvalue weighted by molar-refractivity contribution is -0.143. The molecule has 4 nitrogen and oxygen atoms in total. The monoisotopic (exact) mass is 398 g/mol. The van der Waals surface area contributed by atoms with Crippen molar-refractivity contribution < 1.29 is 34.8 Å². The van der Waals surface area contributed by atoms with Crippen molar-refractivity contribution in [3.05, 3.63) is 53.1 Å². The number of nitrogens with two attached hydrogens (primary N) is 1. The Balaban J connectivity index is 2.58. The molecule has 0 unspecified atom stereocenters. The molecule has 0 saturated carbocycles. The first-order chi connectivity index (χ1) is 11.7. The average molecular weight is 398 g/mol. The first-order valence-corrected chi connectivity index (χ1v) is 8.37. The van der Waals surface area contributed by atoms with Crippen LogP contribution in [-0.4, -0.2) is 8.42 Å². The largest absolute Gasteiger partial charge is 0.416 e. The third-order valence-corrected chi connectivity index (χ3v) is 4.67. The van der Waals surface area contributed by atoms with E-state index in [0.29, 0.717) is 5.56 Å². The first kappa shape index (κ1) is 19.9. The predicted octanol–water partition coefficient (Wildman–Crippen LogP) is 4.42. The fourth-order valence-corrected chi connectivity index (χ4v) is 3.22. The van der Waals surface area contributed by atoms with Crippen molar-refractivity contribution in [3.63, 3.8) is 0 Å². The SMILES string of the molecule is Cc1ccc(NS(=O)(=O)c2cc(C(F)(F)F)cc(C(F)(F)F)c2)c(N)c1. The Labute approximate surface area is 144 Å². The highest BCUT2D eigenvalue weighted by Gasteiger charge is 2.38. The average Bonchev–Trinajstić information content (AvgIpc) is 2.48. The fraction of sp³-hybridized carbons (Fsp3) is 0.200. The van der Waals surface area contributed by atoms with Gasteiger partial charge in [-0.05, 0) is 42.8 Å². The quantitative estimate of drug-likeness (QED) is 0.594. The Morgan fingerprint density at radius 1 is 0.885 bits per heavy atom. The number of benzene rings is 2. The maximum atomic E-state index is 12.9. The first-order valence-electron chi connectivity index (χ1n) is 6.88. The molecule has 0 amide bonds. The summed E-state index contributed by atoms with van der Waals surface area (Å²) in [4.78, 5) is -1.18. The number of alkyl halides is 6. The van der Waals surface area contributed by atoms with Gasteiger partial charge in [-0.1, -0.05) is 6.07 Å². The highest BCUT2D eigenvalue weighted by atomic mass is 32.2. The van der Waals surface area contributed by atoms with Crippen LogP contribution in [0.1, 0.15) is 16.7 Å². The van der Waals surface area contributed by atoms with Crippen LogP contribution in [0, 0.1) is 6.92 Å². The summed E-state index contributed by atoms with van der Waals surface area (Å²) in [7, 11) is -4.74. The number of nitrogen functional groups attached to an aromatic ring is 1. The molecule has 0 bridgehead atoms. The van der Waals surface area contributed by atoms with E-state index in [4.69, 9.17) is 5.73 Å². The highest BCUT2D eigenvalue weighted by Crippen LogP contribution is 2.37. The van der Waals surface area contributed by atoms with E-state index in [1.807, 2.05) is 4.72 Å². The van der Waals surface area contributed by atoms with Crippen molar-refractivity contribution in [2.24, 2.45) is 0 Å². The van der Waals surface area contributed by atoms with Crippen molar-refractivity contribution in [2.45, 2.75) is 24.2 Å². The van der Waals surface area contributed by atoms with Crippen LogP contribution < -0.4 is 10.5 Å². The standard InChI is InChI=1S/C15H12F6N2O2S/c1-8-2-3-13(12(22)4-8)23-26(24,25)11-6-9(14(16,17)18)5-10(7-11)15(19,20)21/h2-7,23H,22H2,1H3. The summed E-state index contributed by atoms with van der Waals surface area (Å²) in [6.07, 6.45) is -10.3. The van der Waals surface area contributed by atoms with Crippen molar-refractivity contribution >= 4 is 21.4 Å². The van der Waals surface area contributed by atoms with Crippen molar-refractivity contribution in [1.29, 1.82) is 0 Å². The zero-order valence-corrected chi connectivity index (χ0v) is 13.9. The van der Waals surface area contributed by atoms with Gasteiger partial charge in [-0.3, -0.25) is 4.72 Å². The lowest BCUT2D eigenvalue weighted by Crippen LogP contribution is -2.18. The predicted molar refractivity (Wildman–Crippen MR) is 82.8 cm³/mol. The third kappa shape index (κ3) is 4.40. The topological polar surface area (TPSA) is 72.2 Å². The van der Waals surface area contributed by atoms with Gasteiger partial charge >= 0.3 is 12.4 Å². The molecule has 142 valence electrons. The van der Waals surface area contributed by atoms with Gasteiger partial charge in [0, 0.05) is 0 Å². The number of anilines is 2. The summed E-state index contributed by atoms with van der Waals surface area (Å²) in [6, 6.07) is 4.22. The number of hydrogen-bond acceptors (Lipinski definition) is 3. The Kier molecular flexibility index (Phi) is 4.88. The van der Waals surface area contributed by atoms with Crippen LogP contribution in [-0.2, 0) is 22.4 Å². The molecule has 0 aliphatic rings. The molecule has 3 N–H and O–H groups in total. The molecule has 0 heterocycles. The van der Waals surface area contributed by atoms with Crippen molar-refractivity contribution in [1.82, 2.24) is 0 Å². The van der Waals surface area contributed by atoms with Gasteiger partial charge in [0.15, 0.2) is 0 Å². The van der Waals surface area contributed by atoms with E-state index < -0.39 is 38.4 Å². The number of rotatable bonds is 3. The summed E-state index contributed by atoms with van der Waals surface area (Å²) in [5.74, 6) is 0. The molecule has 2 aromatic carbocycles. The van der Waals surface area contributed by atoms with E-state index in [1.165, 1.54) is 18.2 Å². The van der Waals surface area contributed by atoms with Gasteiger partial charge in [0.25, 0.3) is 10.0 Å². The molecule has 0 spiro atoms. The molecule has 0 aliphatic carbocycles. The molecule has 26 heavy (non-hydrogen) atoms. The molecule has 0 aliphatic heterocycles. The van der Waals surface area contributed by atoms with Crippen LogP contribution in [0.5, 0.6) is 0 Å². The van der Waals surface area contributed by atoms with Gasteiger partial charge in [0.2, 0.25) is 0 Å². The van der Waals surface area contributed by atoms with Crippen LogP contribution in [0.15, 0.2) is 41.3 Å². The van der Waals surface area contributed by atoms with E-state index >= 15 is 0 Å². The van der Waals surface area contributed by atoms with Crippen molar-refractivity contribution in [2.75, 3.05) is 10.5 Å². The number of halogens is 6. The highest BCUT2D eigenvalue weighted by molar-refractivity contribution is 7.92. The summed E-state index contributed by atoms with van der Waals surface area (Å²) in [5.41, 5.74) is 2.64. The zero-order valence-electron chi connectivity index (χ0n) is 13.0. The minimum atomic E-state index is -5.16. The van der Waals surface area contributed by atoms with E-state index in [2.05, 4.69) is 0 Å². The lowest BCUT2D eigenvalue weighted by Gasteiger charge is -2.16. The molecule has 0 atom stereocenters. The van der Waals surface area contributed by atoms with Crippen LogP contribution >= 0.6 is 0 Å². The van der Waals surface area contributed by atoms with Gasteiger partial charge in [-0.25, -0.2) is 8.42 Å². The number of sulfonamides is 1. The minimum absolute atomic E-state index is 0.0309. The molecular formula is C15H12F6N2O2S. The van der Waals surface area contributed by atoms with Gasteiger partial charge in [-0.15, -0.1) is 0 Å².